The van der Waals surface area contributed by atoms with Gasteiger partial charge in [-0.25, -0.2) is 9.78 Å². The zero-order chi connectivity index (χ0) is 40.9. The number of phosphoric acid groups is 1. The van der Waals surface area contributed by atoms with Crippen molar-refractivity contribution >= 4 is 13.8 Å². The van der Waals surface area contributed by atoms with Gasteiger partial charge in [-0.15, -0.1) is 0 Å². The summed E-state index contributed by atoms with van der Waals surface area (Å²) in [6.07, 6.45) is 33.4. The Kier molecular flexibility index (Phi) is 27.7. The van der Waals surface area contributed by atoms with Gasteiger partial charge in [0.2, 0.25) is 0 Å². The van der Waals surface area contributed by atoms with E-state index in [2.05, 4.69) is 38.2 Å². The topological polar surface area (TPSA) is 133 Å². The third-order valence-corrected chi connectivity index (χ3v) is 11.5. The fourth-order valence-electron chi connectivity index (χ4n) is 7.10. The lowest BCUT2D eigenvalue weighted by atomic mass is 9.89. The molecule has 0 spiro atoms. The maximum Gasteiger partial charge on any atom is 0.306 e. The van der Waals surface area contributed by atoms with E-state index >= 15 is 0 Å². The van der Waals surface area contributed by atoms with Crippen molar-refractivity contribution in [1.29, 1.82) is 0 Å². The van der Waals surface area contributed by atoms with Gasteiger partial charge in [0.05, 0.1) is 46.6 Å². The maximum absolute atomic E-state index is 12.8. The molecule has 0 aromatic carbocycles. The smallest absolute Gasteiger partial charge is 0.306 e. The second-order valence-corrected chi connectivity index (χ2v) is 18.2. The summed E-state index contributed by atoms with van der Waals surface area (Å²) < 4.78 is 34.6. The predicted octanol–water partition coefficient (Wildman–Crippen LogP) is 9.33. The fourth-order valence-corrected chi connectivity index (χ4v) is 7.83. The molecule has 1 saturated carbocycles. The number of unbranched alkanes of at least 4 members (excludes halogenated alkanes) is 14. The van der Waals surface area contributed by atoms with Crippen molar-refractivity contribution in [3.63, 3.8) is 0 Å². The van der Waals surface area contributed by atoms with E-state index < -0.39 is 26.0 Å². The molecule has 1 heterocycles. The molecule has 0 aromatic heterocycles. The SMILES string of the molecule is CC/C=C\CC(O)/C=C/C1C2CC(OO2)C1C/C=C\CCCC(=O)OC(COCCCCCCCCCCCCCCCC)COP(=O)([O-])OCC[N+](C)(C)C. The number of esters is 1. The van der Waals surface area contributed by atoms with E-state index in [-0.39, 0.29) is 50.3 Å². The van der Waals surface area contributed by atoms with E-state index in [9.17, 15) is 19.4 Å². The first-order chi connectivity index (χ1) is 26.9. The van der Waals surface area contributed by atoms with Crippen LogP contribution in [0.4, 0.5) is 0 Å². The number of fused-ring (bicyclic) bond motifs is 2. The molecule has 56 heavy (non-hydrogen) atoms. The zero-order valence-electron chi connectivity index (χ0n) is 35.8. The van der Waals surface area contributed by atoms with Crippen molar-refractivity contribution in [2.45, 2.75) is 173 Å². The molecule has 11 nitrogen and oxygen atoms in total. The molecular weight excluding hydrogens is 733 g/mol. The highest BCUT2D eigenvalue weighted by atomic mass is 31.2. The Hall–Kier alpha value is -1.40. The minimum atomic E-state index is -4.57. The summed E-state index contributed by atoms with van der Waals surface area (Å²) in [6, 6.07) is 0. The first-order valence-electron chi connectivity index (χ1n) is 22.1. The number of allylic oxidation sites excluding steroid dienone is 3. The lowest BCUT2D eigenvalue weighted by Gasteiger charge is -2.28. The molecule has 7 unspecified atom stereocenters. The molecule has 1 aliphatic heterocycles. The van der Waals surface area contributed by atoms with Crippen LogP contribution in [0.2, 0.25) is 0 Å². The van der Waals surface area contributed by atoms with Gasteiger partial charge in [-0.1, -0.05) is 134 Å². The highest BCUT2D eigenvalue weighted by Gasteiger charge is 2.49. The first kappa shape index (κ1) is 50.7. The predicted molar refractivity (Wildman–Crippen MR) is 222 cm³/mol. The largest absolute Gasteiger partial charge is 0.756 e. The molecule has 0 aromatic rings. The van der Waals surface area contributed by atoms with Crippen LogP contribution in [0.5, 0.6) is 0 Å². The standard InChI is InChI=1S/C44H80NO10P/c1-6-8-10-11-12-13-14-15-16-17-18-19-22-26-33-50-36-39(37-52-56(48,49)51-34-32-45(3,4)5)53-44(47)29-25-21-20-24-28-40-41(43-35-42(40)54-55-43)31-30-38(46)27-23-9-7-2/h9,20,23-24,30-31,38-43,46H,6-8,10-19,21-22,25-29,32-37H2,1-5H3/b23-9-,24-20-,31-30+. The number of carbonyl (C=O) groups is 1. The number of phosphoric ester groups is 1. The summed E-state index contributed by atoms with van der Waals surface area (Å²) >= 11 is 0. The first-order valence-corrected chi connectivity index (χ1v) is 23.6. The van der Waals surface area contributed by atoms with Gasteiger partial charge in [-0.3, -0.25) is 9.36 Å². The van der Waals surface area contributed by atoms with Crippen molar-refractivity contribution in [2.75, 3.05) is 54.1 Å². The van der Waals surface area contributed by atoms with Gasteiger partial charge in [-0.05, 0) is 38.5 Å². The molecule has 12 heteroatoms. The molecule has 0 amide bonds. The number of rotatable bonds is 36. The van der Waals surface area contributed by atoms with Crippen molar-refractivity contribution in [2.24, 2.45) is 11.8 Å². The Morgan fingerprint density at radius 3 is 2.11 bits per heavy atom. The van der Waals surface area contributed by atoms with E-state index in [1.807, 2.05) is 33.3 Å². The van der Waals surface area contributed by atoms with Gasteiger partial charge >= 0.3 is 5.97 Å². The number of nitrogens with zero attached hydrogens (tertiary/aromatic N) is 1. The van der Waals surface area contributed by atoms with E-state index in [0.29, 0.717) is 36.9 Å². The minimum absolute atomic E-state index is 0.00190. The molecular formula is C44H80NO10P. The van der Waals surface area contributed by atoms with Gasteiger partial charge in [0.15, 0.2) is 0 Å². The number of hydrogen-bond donors (Lipinski definition) is 1. The summed E-state index contributed by atoms with van der Waals surface area (Å²) in [5.74, 6) is 0.0276. The number of ether oxygens (including phenoxy) is 2. The van der Waals surface area contributed by atoms with Crippen LogP contribution in [0.25, 0.3) is 0 Å². The van der Waals surface area contributed by atoms with Crippen molar-refractivity contribution < 1.29 is 52.1 Å². The molecule has 1 aliphatic carbocycles. The molecule has 2 bridgehead atoms. The highest BCUT2D eigenvalue weighted by molar-refractivity contribution is 7.45. The summed E-state index contributed by atoms with van der Waals surface area (Å²) in [6.45, 7) is 5.04. The molecule has 1 N–H and O–H groups in total. The van der Waals surface area contributed by atoms with Gasteiger partial charge in [0.25, 0.3) is 7.82 Å². The average Bonchev–Trinajstić information content (AvgIpc) is 3.76. The van der Waals surface area contributed by atoms with Crippen LogP contribution in [-0.4, -0.2) is 94.1 Å². The average molecular weight is 814 g/mol. The van der Waals surface area contributed by atoms with E-state index in [4.69, 9.17) is 28.3 Å². The van der Waals surface area contributed by atoms with Crippen LogP contribution in [0, 0.1) is 11.8 Å². The number of hydrogen-bond acceptors (Lipinski definition) is 10. The van der Waals surface area contributed by atoms with Crippen LogP contribution in [0.3, 0.4) is 0 Å². The van der Waals surface area contributed by atoms with Crippen LogP contribution in [0.1, 0.15) is 149 Å². The van der Waals surface area contributed by atoms with Gasteiger partial charge in [0.1, 0.15) is 25.4 Å². The summed E-state index contributed by atoms with van der Waals surface area (Å²) in [4.78, 5) is 36.2. The van der Waals surface area contributed by atoms with Crippen LogP contribution in [0.15, 0.2) is 36.5 Å². The molecule has 1 saturated heterocycles. The molecule has 2 fully saturated rings. The maximum atomic E-state index is 12.8. The number of quaternary nitrogens is 1. The zero-order valence-corrected chi connectivity index (χ0v) is 36.7. The number of likely N-dealkylation sites (N-methyl/N-ethyl adjacent to an activating group) is 1. The number of aliphatic hydroxyl groups excluding tert-OH is 1. The molecule has 0 radical (unpaired) electrons. The minimum Gasteiger partial charge on any atom is -0.756 e. The van der Waals surface area contributed by atoms with Gasteiger partial charge in [0, 0.05) is 31.3 Å². The lowest BCUT2D eigenvalue weighted by Crippen LogP contribution is -2.37. The second-order valence-electron chi connectivity index (χ2n) is 16.8. The Morgan fingerprint density at radius 1 is 0.821 bits per heavy atom. The van der Waals surface area contributed by atoms with E-state index in [1.54, 1.807) is 0 Å². The summed E-state index contributed by atoms with van der Waals surface area (Å²) in [7, 11) is 1.26. The quantitative estimate of drug-likeness (QED) is 0.0163. The molecule has 2 rings (SSSR count). The highest BCUT2D eigenvalue weighted by Crippen LogP contribution is 2.45. The Balaban J connectivity index is 1.70. The number of carbonyl (C=O) groups excluding carboxylic acids is 1. The van der Waals surface area contributed by atoms with Gasteiger partial charge < -0.3 is 33.0 Å². The van der Waals surface area contributed by atoms with E-state index in [1.165, 1.54) is 77.0 Å². The molecule has 7 atom stereocenters. The Morgan fingerprint density at radius 2 is 1.46 bits per heavy atom. The van der Waals surface area contributed by atoms with E-state index in [0.717, 1.165) is 32.1 Å². The van der Waals surface area contributed by atoms with Crippen LogP contribution < -0.4 is 4.89 Å². The van der Waals surface area contributed by atoms with Gasteiger partial charge in [-0.2, -0.15) is 0 Å². The second kappa shape index (κ2) is 30.6. The molecule has 2 aliphatic rings. The summed E-state index contributed by atoms with van der Waals surface area (Å²) in [5.41, 5.74) is 0. The van der Waals surface area contributed by atoms with Crippen molar-refractivity contribution in [3.8, 4) is 0 Å². The monoisotopic (exact) mass is 814 g/mol. The van der Waals surface area contributed by atoms with Crippen molar-refractivity contribution in [3.05, 3.63) is 36.5 Å². The normalized spacial score (nSPS) is 22.1. The third-order valence-electron chi connectivity index (χ3n) is 10.5. The van der Waals surface area contributed by atoms with Crippen molar-refractivity contribution in [1.82, 2.24) is 0 Å². The number of aliphatic hydroxyl groups is 1. The summed E-state index contributed by atoms with van der Waals surface area (Å²) in [5, 5.41) is 10.3. The Bertz CT molecular complexity index is 1140. The lowest BCUT2D eigenvalue weighted by molar-refractivity contribution is -0.870. The van der Waals surface area contributed by atoms with Crippen LogP contribution in [-0.2, 0) is 37.7 Å². The third kappa shape index (κ3) is 25.2. The Labute approximate surface area is 340 Å². The fraction of sp³-hybridized carbons (Fsp3) is 0.841. The van der Waals surface area contributed by atoms with Crippen LogP contribution >= 0.6 is 7.82 Å². The molecule has 326 valence electrons.